The number of aryl methyl sites for hydroxylation is 2. The van der Waals surface area contributed by atoms with Crippen LogP contribution in [-0.2, 0) is 35.1 Å². The van der Waals surface area contributed by atoms with Crippen LogP contribution in [0.2, 0.25) is 0 Å². The van der Waals surface area contributed by atoms with Gasteiger partial charge in [0.15, 0.2) is 5.71 Å². The molecule has 0 heterocycles. The first kappa shape index (κ1) is 45.5. The normalized spacial score (nSPS) is 13.6. The number of nitrogens with zero attached hydrogens (tertiary/aromatic N) is 2. The van der Waals surface area contributed by atoms with Crippen LogP contribution in [0.3, 0.4) is 0 Å². The molecule has 0 bridgehead atoms. The second-order valence-corrected chi connectivity index (χ2v) is 19.0. The third-order valence-corrected chi connectivity index (χ3v) is 12.4. The van der Waals surface area contributed by atoms with Gasteiger partial charge in [0.05, 0.1) is 11.5 Å². The number of fused-ring (bicyclic) bond motifs is 2. The Hall–Kier alpha value is -4.25. The highest BCUT2D eigenvalue weighted by atomic mass is 32.2. The third kappa shape index (κ3) is 13.1. The van der Waals surface area contributed by atoms with Gasteiger partial charge in [-0.25, -0.2) is 0 Å². The molecule has 0 aliphatic heterocycles. The average molecular weight is 842 g/mol. The average Bonchev–Trinajstić information content (AvgIpc) is 3.10. The lowest BCUT2D eigenvalue weighted by molar-refractivity contribution is -0.441. The highest BCUT2D eigenvalue weighted by molar-refractivity contribution is 7.86. The Bertz CT molecular complexity index is 2560. The largest absolute Gasteiger partial charge is 0.345 e. The molecule has 0 saturated carbocycles. The monoisotopic (exact) mass is 841 g/mol. The minimum absolute atomic E-state index is 0.0760. The molecule has 57 heavy (non-hydrogen) atoms. The summed E-state index contributed by atoms with van der Waals surface area (Å²) in [6.45, 7) is 10.0. The summed E-state index contributed by atoms with van der Waals surface area (Å²) in [6.07, 6.45) is 7.02. The molecular weight excluding hydrogens is 789 g/mol. The number of hydrogen-bond donors (Lipinski definition) is 3. The van der Waals surface area contributed by atoms with Gasteiger partial charge in [-0.1, -0.05) is 48.9 Å². The second-order valence-electron chi connectivity index (χ2n) is 14.5. The maximum atomic E-state index is 12.2. The van der Waals surface area contributed by atoms with E-state index in [1.54, 1.807) is 25.1 Å². The summed E-state index contributed by atoms with van der Waals surface area (Å²) in [5.74, 6) is -0.835. The molecule has 15 heteroatoms. The first-order chi connectivity index (χ1) is 26.7. The van der Waals surface area contributed by atoms with Gasteiger partial charge in [-0.3, -0.25) is 13.7 Å². The molecule has 4 rings (SSSR count). The van der Waals surface area contributed by atoms with E-state index in [0.717, 1.165) is 63.8 Å². The van der Waals surface area contributed by atoms with Gasteiger partial charge in [-0.05, 0) is 105 Å². The quantitative estimate of drug-likeness (QED) is 0.0255. The molecule has 12 nitrogen and oxygen atoms in total. The van der Waals surface area contributed by atoms with E-state index in [2.05, 4.69) is 4.90 Å². The molecule has 0 unspecified atom stereocenters. The summed E-state index contributed by atoms with van der Waals surface area (Å²) in [5, 5.41) is 3.04. The fourth-order valence-corrected chi connectivity index (χ4v) is 8.97. The van der Waals surface area contributed by atoms with Crippen molar-refractivity contribution in [2.45, 2.75) is 84.5 Å². The number of rotatable bonds is 20. The molecule has 0 aliphatic carbocycles. The van der Waals surface area contributed by atoms with Gasteiger partial charge >= 0.3 is 0 Å². The number of allylic oxidation sites excluding steroid dienone is 4. The van der Waals surface area contributed by atoms with Gasteiger partial charge in [0, 0.05) is 60.3 Å². The molecule has 0 aliphatic rings. The standard InChI is InChI=1S/C42H52N2O10S3/c1-30(28-31(2)43(24-10-6-7-14-32(3)45)40-23-21-39-38(34(40)5)18-11-19-42(39)57(52,53)54)29-36(16-12-26-55(46,47)48)44(25-13-27-56(49,50)51)41-22-20-35-15-8-9-17-37(35)33(41)4/h8-9,11,15,17-23,28-29H,6-7,10,12-14,16,24-27H2,1-5H3,(H2-,46,47,48,49,50,51,52,53,54)/p+1. The van der Waals surface area contributed by atoms with Gasteiger partial charge in [0.1, 0.15) is 17.2 Å². The number of benzene rings is 4. The topological polar surface area (TPSA) is 186 Å². The van der Waals surface area contributed by atoms with E-state index in [1.807, 2.05) is 86.9 Å². The van der Waals surface area contributed by atoms with Gasteiger partial charge in [0.25, 0.3) is 30.4 Å². The van der Waals surface area contributed by atoms with E-state index in [9.17, 15) is 43.7 Å². The van der Waals surface area contributed by atoms with E-state index in [1.165, 1.54) is 6.07 Å². The van der Waals surface area contributed by atoms with Crippen LogP contribution in [0.4, 0.5) is 11.4 Å². The molecule has 0 saturated heterocycles. The minimum atomic E-state index is -4.48. The third-order valence-electron chi connectivity index (χ3n) is 9.92. The molecule has 4 aromatic carbocycles. The van der Waals surface area contributed by atoms with Gasteiger partial charge in [-0.15, -0.1) is 0 Å². The molecule has 308 valence electrons. The molecular formula is C42H53N2O10S3+. The minimum Gasteiger partial charge on any atom is -0.345 e. The molecule has 3 N–H and O–H groups in total. The molecule has 0 radical (unpaired) electrons. The smallest absolute Gasteiger partial charge is 0.295 e. The Morgan fingerprint density at radius 1 is 0.667 bits per heavy atom. The fraction of sp³-hybridized carbons (Fsp3) is 0.381. The number of carbonyl (C=O) groups excluding carboxylic acids is 1. The van der Waals surface area contributed by atoms with Crippen molar-refractivity contribution in [3.8, 4) is 0 Å². The van der Waals surface area contributed by atoms with Crippen LogP contribution in [0.25, 0.3) is 21.5 Å². The van der Waals surface area contributed by atoms with Crippen LogP contribution in [-0.4, -0.2) is 79.6 Å². The zero-order valence-electron chi connectivity index (χ0n) is 33.1. The van der Waals surface area contributed by atoms with Gasteiger partial charge in [0.2, 0.25) is 5.69 Å². The molecule has 0 aromatic heterocycles. The van der Waals surface area contributed by atoms with E-state index in [0.29, 0.717) is 29.4 Å². The Balaban J connectivity index is 1.88. The summed E-state index contributed by atoms with van der Waals surface area (Å²) >= 11 is 0. The first-order valence-corrected chi connectivity index (χ1v) is 23.5. The Kier molecular flexibility index (Phi) is 15.5. The molecule has 4 aromatic rings. The number of carbonyl (C=O) groups is 1. The molecule has 0 fully saturated rings. The number of anilines is 1. The predicted molar refractivity (Wildman–Crippen MR) is 228 cm³/mol. The van der Waals surface area contributed by atoms with Crippen LogP contribution in [0.15, 0.2) is 95.0 Å². The number of unbranched alkanes of at least 4 members (excludes halogenated alkanes) is 2. The fourth-order valence-electron chi connectivity index (χ4n) is 7.26. The van der Waals surface area contributed by atoms with Crippen molar-refractivity contribution in [2.24, 2.45) is 0 Å². The van der Waals surface area contributed by atoms with Crippen molar-refractivity contribution in [3.05, 3.63) is 101 Å². The van der Waals surface area contributed by atoms with Crippen LogP contribution in [0, 0.1) is 13.8 Å². The zero-order chi connectivity index (χ0) is 42.1. The summed E-state index contributed by atoms with van der Waals surface area (Å²) in [7, 11) is -13.0. The van der Waals surface area contributed by atoms with Crippen LogP contribution >= 0.6 is 0 Å². The van der Waals surface area contributed by atoms with Crippen LogP contribution in [0.5, 0.6) is 0 Å². The van der Waals surface area contributed by atoms with E-state index in [-0.39, 0.29) is 36.5 Å². The second kappa shape index (κ2) is 19.5. The Labute approximate surface area is 336 Å². The number of Topliss-reactive ketones (excluding diaryl/α,β-unsaturated/α-hetero) is 1. The SMILES string of the molecule is CC(=O)CCCCCN(/C(C)=C/C(C)=C/C(CCCS(=O)(=O)O)=[N+](CCCS(=O)(=O)O)c1ccc2ccccc2c1C)c1ccc2c(S(=O)(=O)O)cccc2c1C. The summed E-state index contributed by atoms with van der Waals surface area (Å²) < 4.78 is 103. The van der Waals surface area contributed by atoms with Gasteiger partial charge < -0.3 is 9.69 Å². The lowest BCUT2D eigenvalue weighted by Gasteiger charge is -2.28. The number of hydrogen-bond acceptors (Lipinski definition) is 8. The van der Waals surface area contributed by atoms with Crippen molar-refractivity contribution >= 4 is 74.8 Å². The number of ketones is 1. The highest BCUT2D eigenvalue weighted by Gasteiger charge is 2.23. The van der Waals surface area contributed by atoms with Crippen molar-refractivity contribution in [2.75, 3.05) is 29.5 Å². The van der Waals surface area contributed by atoms with Crippen molar-refractivity contribution < 1.29 is 48.3 Å². The highest BCUT2D eigenvalue weighted by Crippen LogP contribution is 2.34. The Morgan fingerprint density at radius 2 is 1.33 bits per heavy atom. The summed E-state index contributed by atoms with van der Waals surface area (Å²) in [4.78, 5) is 13.5. The van der Waals surface area contributed by atoms with Gasteiger partial charge in [-0.2, -0.15) is 29.8 Å². The molecule has 0 amide bonds. The van der Waals surface area contributed by atoms with E-state index in [4.69, 9.17) is 0 Å². The summed E-state index contributed by atoms with van der Waals surface area (Å²) in [6, 6.07) is 20.0. The summed E-state index contributed by atoms with van der Waals surface area (Å²) in [5.41, 5.74) is 5.60. The van der Waals surface area contributed by atoms with Crippen molar-refractivity contribution in [1.82, 2.24) is 0 Å². The zero-order valence-corrected chi connectivity index (χ0v) is 35.6. The predicted octanol–water partition coefficient (Wildman–Crippen LogP) is 8.39. The Morgan fingerprint density at radius 3 is 2.00 bits per heavy atom. The molecule has 0 atom stereocenters. The maximum absolute atomic E-state index is 12.2. The van der Waals surface area contributed by atoms with Crippen molar-refractivity contribution in [3.63, 3.8) is 0 Å². The first-order valence-electron chi connectivity index (χ1n) is 18.8. The van der Waals surface area contributed by atoms with E-state index < -0.39 is 41.9 Å². The van der Waals surface area contributed by atoms with Crippen molar-refractivity contribution in [1.29, 1.82) is 0 Å². The maximum Gasteiger partial charge on any atom is 0.295 e. The van der Waals surface area contributed by atoms with Crippen LogP contribution in [0.1, 0.15) is 76.8 Å². The lowest BCUT2D eigenvalue weighted by atomic mass is 10.0. The molecule has 0 spiro atoms. The van der Waals surface area contributed by atoms with E-state index >= 15 is 0 Å². The lowest BCUT2D eigenvalue weighted by Crippen LogP contribution is -2.24. The van der Waals surface area contributed by atoms with Crippen LogP contribution < -0.4 is 4.90 Å².